The van der Waals surface area contributed by atoms with Gasteiger partial charge in [0.1, 0.15) is 30.5 Å². The summed E-state index contributed by atoms with van der Waals surface area (Å²) in [5, 5.41) is 1.46. The van der Waals surface area contributed by atoms with Crippen molar-refractivity contribution in [3.05, 3.63) is 60.4 Å². The van der Waals surface area contributed by atoms with E-state index in [1.165, 1.54) is 6.07 Å². The van der Waals surface area contributed by atoms with Crippen molar-refractivity contribution in [3.8, 4) is 11.5 Å². The topological polar surface area (TPSA) is 106 Å². The Hall–Kier alpha value is -3.65. The minimum atomic E-state index is -0.571. The van der Waals surface area contributed by atoms with Gasteiger partial charge in [-0.2, -0.15) is 0 Å². The highest BCUT2D eigenvalue weighted by Crippen LogP contribution is 2.27. The Morgan fingerprint density at radius 1 is 0.733 bits per heavy atom. The first kappa shape index (κ1) is 19.7. The van der Waals surface area contributed by atoms with Gasteiger partial charge in [-0.25, -0.2) is 14.4 Å². The zero-order valence-corrected chi connectivity index (χ0v) is 16.2. The van der Waals surface area contributed by atoms with E-state index < -0.39 is 5.82 Å². The molecule has 0 atom stereocenters. The van der Waals surface area contributed by atoms with Crippen molar-refractivity contribution in [1.29, 1.82) is 0 Å². The molecule has 0 radical (unpaired) electrons. The summed E-state index contributed by atoms with van der Waals surface area (Å²) in [6, 6.07) is 15.9. The molecule has 2 aromatic heterocycles. The number of ether oxygens (including phenoxy) is 3. The number of pyridine rings is 2. The van der Waals surface area contributed by atoms with E-state index in [9.17, 15) is 4.39 Å². The molecule has 0 saturated carbocycles. The summed E-state index contributed by atoms with van der Waals surface area (Å²) in [4.78, 5) is 8.30. The molecule has 0 fully saturated rings. The number of nitrogens with zero attached hydrogens (tertiary/aromatic N) is 2. The summed E-state index contributed by atoms with van der Waals surface area (Å²) < 4.78 is 30.8. The Balaban J connectivity index is 1.25. The molecule has 0 saturated heterocycles. The Kier molecular flexibility index (Phi) is 5.76. The fraction of sp³-hybridized carbons (Fsp3) is 0.182. The number of rotatable bonds is 8. The maximum absolute atomic E-state index is 13.7. The van der Waals surface area contributed by atoms with Gasteiger partial charge in [0.2, 0.25) is 0 Å². The summed E-state index contributed by atoms with van der Waals surface area (Å²) in [6.45, 7) is 1.44. The van der Waals surface area contributed by atoms with Crippen LogP contribution in [-0.4, -0.2) is 36.4 Å². The summed E-state index contributed by atoms with van der Waals surface area (Å²) >= 11 is 0. The molecule has 2 heterocycles. The van der Waals surface area contributed by atoms with Crippen molar-refractivity contribution < 1.29 is 18.6 Å². The summed E-state index contributed by atoms with van der Waals surface area (Å²) in [6.07, 6.45) is 0. The predicted molar refractivity (Wildman–Crippen MR) is 114 cm³/mol. The van der Waals surface area contributed by atoms with Crippen LogP contribution < -0.4 is 20.9 Å². The number of nitrogen functional groups attached to an aromatic ring is 2. The second-order valence-corrected chi connectivity index (χ2v) is 6.55. The lowest BCUT2D eigenvalue weighted by atomic mass is 10.2. The molecule has 0 aliphatic heterocycles. The Morgan fingerprint density at radius 3 is 2.07 bits per heavy atom. The number of fused-ring (bicyclic) bond motifs is 2. The number of hydrogen-bond donors (Lipinski definition) is 2. The minimum Gasteiger partial charge on any atom is -0.490 e. The third-order valence-electron chi connectivity index (χ3n) is 4.48. The van der Waals surface area contributed by atoms with Crippen molar-refractivity contribution in [2.45, 2.75) is 0 Å². The third-order valence-corrected chi connectivity index (χ3v) is 4.48. The van der Waals surface area contributed by atoms with Crippen molar-refractivity contribution in [2.24, 2.45) is 0 Å². The lowest BCUT2D eigenvalue weighted by Crippen LogP contribution is -2.12. The molecule has 0 aliphatic carbocycles. The molecular formula is C22H21FN4O3. The van der Waals surface area contributed by atoms with Crippen LogP contribution in [0.5, 0.6) is 11.5 Å². The molecule has 0 unspecified atom stereocenters. The Labute approximate surface area is 172 Å². The zero-order valence-electron chi connectivity index (χ0n) is 16.2. The molecule has 8 heteroatoms. The van der Waals surface area contributed by atoms with E-state index >= 15 is 0 Å². The predicted octanol–water partition coefficient (Wildman–Crippen LogP) is 3.56. The van der Waals surface area contributed by atoms with E-state index in [0.717, 1.165) is 16.7 Å². The van der Waals surface area contributed by atoms with Crippen LogP contribution >= 0.6 is 0 Å². The van der Waals surface area contributed by atoms with Gasteiger partial charge in [0.05, 0.1) is 24.2 Å². The monoisotopic (exact) mass is 408 g/mol. The summed E-state index contributed by atoms with van der Waals surface area (Å²) in [5.41, 5.74) is 12.6. The number of anilines is 2. The number of halogens is 1. The summed E-state index contributed by atoms with van der Waals surface area (Å²) in [7, 11) is 0. The first-order valence-electron chi connectivity index (χ1n) is 9.45. The van der Waals surface area contributed by atoms with Crippen LogP contribution in [0.4, 0.5) is 16.0 Å². The zero-order chi connectivity index (χ0) is 20.9. The number of aromatic nitrogens is 2. The third kappa shape index (κ3) is 4.33. The average molecular weight is 408 g/mol. The van der Waals surface area contributed by atoms with Crippen LogP contribution in [0.3, 0.4) is 0 Å². The van der Waals surface area contributed by atoms with E-state index in [1.807, 2.05) is 24.3 Å². The first-order chi connectivity index (χ1) is 14.6. The molecule has 30 heavy (non-hydrogen) atoms. The molecule has 2 aromatic carbocycles. The minimum absolute atomic E-state index is 0.131. The Morgan fingerprint density at radius 2 is 1.37 bits per heavy atom. The Bertz CT molecular complexity index is 1190. The molecule has 4 N–H and O–H groups in total. The van der Waals surface area contributed by atoms with Gasteiger partial charge in [-0.1, -0.05) is 12.1 Å². The molecule has 4 aromatic rings. The average Bonchev–Trinajstić information content (AvgIpc) is 2.74. The largest absolute Gasteiger partial charge is 0.490 e. The fourth-order valence-electron chi connectivity index (χ4n) is 3.08. The van der Waals surface area contributed by atoms with Crippen molar-refractivity contribution >= 4 is 33.4 Å². The molecule has 0 aliphatic rings. The molecule has 154 valence electrons. The maximum Gasteiger partial charge on any atom is 0.166 e. The van der Waals surface area contributed by atoms with Gasteiger partial charge in [0, 0.05) is 10.8 Å². The number of nitrogens with two attached hydrogens (primary N) is 2. The van der Waals surface area contributed by atoms with E-state index in [1.54, 1.807) is 24.3 Å². The van der Waals surface area contributed by atoms with E-state index in [2.05, 4.69) is 9.97 Å². The highest BCUT2D eigenvalue weighted by atomic mass is 19.1. The lowest BCUT2D eigenvalue weighted by Gasteiger charge is -2.11. The van der Waals surface area contributed by atoms with Gasteiger partial charge in [-0.15, -0.1) is 0 Å². The van der Waals surface area contributed by atoms with Crippen LogP contribution in [0.1, 0.15) is 0 Å². The highest BCUT2D eigenvalue weighted by Gasteiger charge is 2.08. The lowest BCUT2D eigenvalue weighted by molar-refractivity contribution is 0.0771. The molecule has 0 spiro atoms. The normalized spacial score (nSPS) is 11.1. The SMILES string of the molecule is Nc1ccc2c(OCCOCCOc3cccc4nc(N)c(F)cc34)cccc2n1. The van der Waals surface area contributed by atoms with Gasteiger partial charge >= 0.3 is 0 Å². The first-order valence-corrected chi connectivity index (χ1v) is 9.45. The van der Waals surface area contributed by atoms with Gasteiger partial charge in [-0.05, 0) is 42.5 Å². The van der Waals surface area contributed by atoms with Crippen LogP contribution in [0, 0.1) is 5.82 Å². The van der Waals surface area contributed by atoms with Crippen LogP contribution in [0.15, 0.2) is 54.6 Å². The van der Waals surface area contributed by atoms with Crippen LogP contribution in [-0.2, 0) is 4.74 Å². The molecule has 0 bridgehead atoms. The molecule has 4 rings (SSSR count). The molecule has 7 nitrogen and oxygen atoms in total. The van der Waals surface area contributed by atoms with Crippen molar-refractivity contribution in [3.63, 3.8) is 0 Å². The van der Waals surface area contributed by atoms with Gasteiger partial charge in [0.25, 0.3) is 0 Å². The smallest absolute Gasteiger partial charge is 0.166 e. The van der Waals surface area contributed by atoms with E-state index in [0.29, 0.717) is 48.9 Å². The van der Waals surface area contributed by atoms with Gasteiger partial charge < -0.3 is 25.7 Å². The standard InChI is InChI=1S/C22H21FN4O3/c23-16-13-15-18(27-22(16)25)4-2-6-20(15)30-12-10-28-9-11-29-19-5-1-3-17-14(19)7-8-21(24)26-17/h1-8,13H,9-12H2,(H2,24,26)(H2,25,27). The van der Waals surface area contributed by atoms with Crippen molar-refractivity contribution in [2.75, 3.05) is 37.9 Å². The molecular weight excluding hydrogens is 387 g/mol. The van der Waals surface area contributed by atoms with Gasteiger partial charge in [-0.3, -0.25) is 0 Å². The van der Waals surface area contributed by atoms with Gasteiger partial charge in [0.15, 0.2) is 11.6 Å². The number of hydrogen-bond acceptors (Lipinski definition) is 7. The fourth-order valence-corrected chi connectivity index (χ4v) is 3.08. The highest BCUT2D eigenvalue weighted by molar-refractivity contribution is 5.87. The van der Waals surface area contributed by atoms with E-state index in [4.69, 9.17) is 25.7 Å². The van der Waals surface area contributed by atoms with Crippen LogP contribution in [0.2, 0.25) is 0 Å². The molecule has 0 amide bonds. The second-order valence-electron chi connectivity index (χ2n) is 6.55. The van der Waals surface area contributed by atoms with Crippen molar-refractivity contribution in [1.82, 2.24) is 9.97 Å². The number of benzene rings is 2. The maximum atomic E-state index is 13.7. The van der Waals surface area contributed by atoms with Crippen LogP contribution in [0.25, 0.3) is 21.8 Å². The quantitative estimate of drug-likeness (QED) is 0.429. The summed E-state index contributed by atoms with van der Waals surface area (Å²) in [5.74, 6) is 1.02. The second kappa shape index (κ2) is 8.79. The van der Waals surface area contributed by atoms with E-state index in [-0.39, 0.29) is 5.82 Å².